The second-order valence-electron chi connectivity index (χ2n) is 6.61. The van der Waals surface area contributed by atoms with Crippen molar-refractivity contribution in [3.63, 3.8) is 0 Å². The molecule has 3 rings (SSSR count). The number of aromatic nitrogens is 2. The van der Waals surface area contributed by atoms with Crippen LogP contribution in [0.1, 0.15) is 52.3 Å². The summed E-state index contributed by atoms with van der Waals surface area (Å²) >= 11 is 0. The van der Waals surface area contributed by atoms with E-state index in [0.29, 0.717) is 36.5 Å². The molecule has 0 aliphatic rings. The minimum Gasteiger partial charge on any atom is -0.361 e. The van der Waals surface area contributed by atoms with E-state index in [1.165, 1.54) is 5.56 Å². The SMILES string of the molecule is CCc1ccc(CN(Cc2cccnc2)C(=O)c2c(CC)noc2C)cc1. The smallest absolute Gasteiger partial charge is 0.259 e. The Morgan fingerprint density at radius 2 is 1.70 bits per heavy atom. The van der Waals surface area contributed by atoms with Crippen LogP contribution in [0.3, 0.4) is 0 Å². The van der Waals surface area contributed by atoms with Crippen LogP contribution < -0.4 is 0 Å². The van der Waals surface area contributed by atoms with Crippen LogP contribution in [0, 0.1) is 6.92 Å². The van der Waals surface area contributed by atoms with Gasteiger partial charge in [0.1, 0.15) is 11.3 Å². The van der Waals surface area contributed by atoms with Gasteiger partial charge >= 0.3 is 0 Å². The predicted molar refractivity (Wildman–Crippen MR) is 104 cm³/mol. The van der Waals surface area contributed by atoms with Crippen LogP contribution in [-0.2, 0) is 25.9 Å². The first-order valence-corrected chi connectivity index (χ1v) is 9.33. The fourth-order valence-corrected chi connectivity index (χ4v) is 3.10. The van der Waals surface area contributed by atoms with Crippen LogP contribution in [0.4, 0.5) is 0 Å². The Labute approximate surface area is 160 Å². The molecule has 0 bridgehead atoms. The molecule has 5 nitrogen and oxygen atoms in total. The molecule has 2 heterocycles. The molecule has 0 saturated heterocycles. The van der Waals surface area contributed by atoms with Crippen LogP contribution in [0.2, 0.25) is 0 Å². The highest BCUT2D eigenvalue weighted by Crippen LogP contribution is 2.20. The fraction of sp³-hybridized carbons (Fsp3) is 0.318. The first-order valence-electron chi connectivity index (χ1n) is 9.33. The number of carbonyl (C=O) groups excluding carboxylic acids is 1. The highest BCUT2D eigenvalue weighted by molar-refractivity contribution is 5.96. The van der Waals surface area contributed by atoms with Gasteiger partial charge in [0, 0.05) is 25.5 Å². The molecule has 0 aliphatic heterocycles. The third kappa shape index (κ3) is 4.42. The zero-order chi connectivity index (χ0) is 19.2. The molecule has 0 N–H and O–H groups in total. The highest BCUT2D eigenvalue weighted by atomic mass is 16.5. The van der Waals surface area contributed by atoms with Crippen molar-refractivity contribution in [2.24, 2.45) is 0 Å². The maximum Gasteiger partial charge on any atom is 0.259 e. The molecule has 140 valence electrons. The van der Waals surface area contributed by atoms with Crippen molar-refractivity contribution in [3.05, 3.63) is 82.5 Å². The summed E-state index contributed by atoms with van der Waals surface area (Å²) in [5.74, 6) is 0.503. The third-order valence-electron chi connectivity index (χ3n) is 4.67. The average Bonchev–Trinajstić information content (AvgIpc) is 3.09. The quantitative estimate of drug-likeness (QED) is 0.626. The minimum absolute atomic E-state index is 0.0611. The van der Waals surface area contributed by atoms with Crippen molar-refractivity contribution in [1.29, 1.82) is 0 Å². The third-order valence-corrected chi connectivity index (χ3v) is 4.67. The Morgan fingerprint density at radius 3 is 2.33 bits per heavy atom. The van der Waals surface area contributed by atoms with E-state index < -0.39 is 0 Å². The van der Waals surface area contributed by atoms with E-state index in [0.717, 1.165) is 17.5 Å². The van der Waals surface area contributed by atoms with Crippen LogP contribution in [0.15, 0.2) is 53.3 Å². The van der Waals surface area contributed by atoms with Crippen molar-refractivity contribution >= 4 is 5.91 Å². The van der Waals surface area contributed by atoms with Crippen LogP contribution in [-0.4, -0.2) is 20.9 Å². The Morgan fingerprint density at radius 1 is 1.00 bits per heavy atom. The first-order chi connectivity index (χ1) is 13.1. The molecular formula is C22H25N3O2. The van der Waals surface area contributed by atoms with Gasteiger partial charge in [0.05, 0.1) is 5.69 Å². The molecule has 0 fully saturated rings. The molecule has 0 saturated carbocycles. The molecule has 27 heavy (non-hydrogen) atoms. The van der Waals surface area contributed by atoms with Crippen molar-refractivity contribution in [2.75, 3.05) is 0 Å². The van der Waals surface area contributed by atoms with Crippen LogP contribution in [0.25, 0.3) is 0 Å². The number of amides is 1. The van der Waals surface area contributed by atoms with Crippen molar-refractivity contribution in [1.82, 2.24) is 15.0 Å². The number of nitrogens with zero attached hydrogens (tertiary/aromatic N) is 3. The molecule has 0 unspecified atom stereocenters. The number of hydrogen-bond donors (Lipinski definition) is 0. The van der Waals surface area contributed by atoms with E-state index in [4.69, 9.17) is 4.52 Å². The monoisotopic (exact) mass is 363 g/mol. The summed E-state index contributed by atoms with van der Waals surface area (Å²) < 4.78 is 5.28. The zero-order valence-corrected chi connectivity index (χ0v) is 16.1. The number of pyridine rings is 1. The van der Waals surface area contributed by atoms with Gasteiger partial charge in [0.15, 0.2) is 0 Å². The minimum atomic E-state index is -0.0611. The van der Waals surface area contributed by atoms with Crippen LogP contribution in [0.5, 0.6) is 0 Å². The van der Waals surface area contributed by atoms with Gasteiger partial charge in [-0.2, -0.15) is 0 Å². The Hall–Kier alpha value is -2.95. The molecule has 0 aliphatic carbocycles. The summed E-state index contributed by atoms with van der Waals surface area (Å²) in [5, 5.41) is 4.04. The Kier molecular flexibility index (Phi) is 6.01. The van der Waals surface area contributed by atoms with Gasteiger partial charge in [-0.1, -0.05) is 49.3 Å². The summed E-state index contributed by atoms with van der Waals surface area (Å²) in [4.78, 5) is 19.3. The number of aryl methyl sites for hydroxylation is 3. The van der Waals surface area contributed by atoms with E-state index in [1.807, 2.05) is 24.0 Å². The summed E-state index contributed by atoms with van der Waals surface area (Å²) in [6.45, 7) is 6.90. The van der Waals surface area contributed by atoms with Crippen molar-refractivity contribution in [2.45, 2.75) is 46.7 Å². The van der Waals surface area contributed by atoms with Gasteiger partial charge in [-0.05, 0) is 42.5 Å². The highest BCUT2D eigenvalue weighted by Gasteiger charge is 2.25. The fourth-order valence-electron chi connectivity index (χ4n) is 3.10. The number of hydrogen-bond acceptors (Lipinski definition) is 4. The van der Waals surface area contributed by atoms with Gasteiger partial charge in [-0.15, -0.1) is 0 Å². The van der Waals surface area contributed by atoms with Gasteiger partial charge in [-0.3, -0.25) is 9.78 Å². The van der Waals surface area contributed by atoms with Crippen molar-refractivity contribution in [3.8, 4) is 0 Å². The van der Waals surface area contributed by atoms with Gasteiger partial charge in [0.25, 0.3) is 5.91 Å². The second kappa shape index (κ2) is 8.62. The standard InChI is InChI=1S/C22H25N3O2/c1-4-17-8-10-18(11-9-17)14-25(15-19-7-6-12-23-13-19)22(26)21-16(3)27-24-20(21)5-2/h6-13H,4-5,14-15H2,1-3H3. The molecular weight excluding hydrogens is 338 g/mol. The molecule has 0 radical (unpaired) electrons. The summed E-state index contributed by atoms with van der Waals surface area (Å²) in [5.41, 5.74) is 4.65. The van der Waals surface area contributed by atoms with E-state index in [2.05, 4.69) is 41.3 Å². The summed E-state index contributed by atoms with van der Waals surface area (Å²) in [6, 6.07) is 12.3. The number of carbonyl (C=O) groups is 1. The lowest BCUT2D eigenvalue weighted by atomic mass is 10.1. The van der Waals surface area contributed by atoms with Gasteiger partial charge in [-0.25, -0.2) is 0 Å². The lowest BCUT2D eigenvalue weighted by molar-refractivity contribution is 0.0727. The second-order valence-corrected chi connectivity index (χ2v) is 6.61. The lowest BCUT2D eigenvalue weighted by Gasteiger charge is -2.23. The molecule has 3 aromatic rings. The summed E-state index contributed by atoms with van der Waals surface area (Å²) in [7, 11) is 0. The van der Waals surface area contributed by atoms with Gasteiger partial charge < -0.3 is 9.42 Å². The van der Waals surface area contributed by atoms with Crippen LogP contribution >= 0.6 is 0 Å². The first kappa shape index (κ1) is 18.8. The molecule has 0 atom stereocenters. The van der Waals surface area contributed by atoms with E-state index in [1.54, 1.807) is 19.3 Å². The largest absolute Gasteiger partial charge is 0.361 e. The number of benzene rings is 1. The zero-order valence-electron chi connectivity index (χ0n) is 16.1. The Balaban J connectivity index is 1.90. The van der Waals surface area contributed by atoms with E-state index in [-0.39, 0.29) is 5.91 Å². The molecule has 2 aromatic heterocycles. The average molecular weight is 363 g/mol. The topological polar surface area (TPSA) is 59.2 Å². The summed E-state index contributed by atoms with van der Waals surface area (Å²) in [6.07, 6.45) is 5.18. The molecule has 1 aromatic carbocycles. The molecule has 5 heteroatoms. The molecule has 0 spiro atoms. The maximum absolute atomic E-state index is 13.3. The lowest BCUT2D eigenvalue weighted by Crippen LogP contribution is -2.31. The van der Waals surface area contributed by atoms with E-state index >= 15 is 0 Å². The predicted octanol–water partition coefficient (Wildman–Crippen LogP) is 4.35. The Bertz CT molecular complexity index is 886. The number of rotatable bonds is 7. The van der Waals surface area contributed by atoms with Crippen molar-refractivity contribution < 1.29 is 9.32 Å². The maximum atomic E-state index is 13.3. The molecule has 1 amide bonds. The van der Waals surface area contributed by atoms with E-state index in [9.17, 15) is 4.79 Å². The normalized spacial score (nSPS) is 10.8. The van der Waals surface area contributed by atoms with Gasteiger partial charge in [0.2, 0.25) is 0 Å².